The highest BCUT2D eigenvalue weighted by atomic mass is 16.7. The monoisotopic (exact) mass is 373 g/mol. The van der Waals surface area contributed by atoms with E-state index in [1.165, 1.54) is 5.56 Å². The van der Waals surface area contributed by atoms with Gasteiger partial charge in [-0.2, -0.15) is 0 Å². The summed E-state index contributed by atoms with van der Waals surface area (Å²) in [6.45, 7) is 5.84. The first-order valence-electron chi connectivity index (χ1n) is 9.11. The molecule has 1 atom stereocenters. The van der Waals surface area contributed by atoms with Gasteiger partial charge in [-0.3, -0.25) is 4.79 Å². The van der Waals surface area contributed by atoms with Crippen molar-refractivity contribution in [2.45, 2.75) is 33.1 Å². The van der Waals surface area contributed by atoms with E-state index in [0.29, 0.717) is 37.7 Å². The molecule has 2 aliphatic rings. The lowest BCUT2D eigenvalue weighted by molar-refractivity contribution is -0.137. The number of aromatic nitrogens is 2. The van der Waals surface area contributed by atoms with Gasteiger partial charge in [0.05, 0.1) is 6.54 Å². The fourth-order valence-corrected chi connectivity index (χ4v) is 3.69. The number of aryl methyl sites for hydroxylation is 1. The summed E-state index contributed by atoms with van der Waals surface area (Å²) in [6.07, 6.45) is 2.29. The molecule has 0 spiro atoms. The van der Waals surface area contributed by atoms with Crippen LogP contribution in [0.1, 0.15) is 31.0 Å². The van der Waals surface area contributed by atoms with Gasteiger partial charge in [-0.25, -0.2) is 4.63 Å². The Morgan fingerprint density at radius 3 is 2.93 bits per heavy atom. The number of carbonyl (C=O) groups excluding carboxylic acids is 1. The van der Waals surface area contributed by atoms with Crippen LogP contribution in [-0.4, -0.2) is 47.6 Å². The van der Waals surface area contributed by atoms with Gasteiger partial charge in [-0.1, -0.05) is 18.1 Å². The van der Waals surface area contributed by atoms with Gasteiger partial charge in [0.2, 0.25) is 12.7 Å². The molecule has 1 fully saturated rings. The summed E-state index contributed by atoms with van der Waals surface area (Å²) in [7, 11) is 0. The smallest absolute Gasteiger partial charge is 0.278 e. The summed E-state index contributed by atoms with van der Waals surface area (Å²) in [6, 6.07) is 6.07. The van der Waals surface area contributed by atoms with E-state index in [-0.39, 0.29) is 18.1 Å². The van der Waals surface area contributed by atoms with Crippen LogP contribution in [0.15, 0.2) is 22.8 Å². The lowest BCUT2D eigenvalue weighted by Gasteiger charge is -2.40. The van der Waals surface area contributed by atoms with Crippen LogP contribution in [0.3, 0.4) is 0 Å². The minimum Gasteiger partial charge on any atom is -0.472 e. The third-order valence-electron chi connectivity index (χ3n) is 5.15. The molecule has 2 aliphatic heterocycles. The molecule has 1 aromatic heterocycles. The first kappa shape index (κ1) is 17.6. The van der Waals surface area contributed by atoms with Gasteiger partial charge in [-0.05, 0) is 48.0 Å². The number of nitrogens with zero attached hydrogens (tertiary/aromatic N) is 3. The number of hydrogen-bond donors (Lipinski definition) is 0. The van der Waals surface area contributed by atoms with Gasteiger partial charge in [0.25, 0.3) is 5.88 Å². The molecular formula is C19H23N3O5. The molecule has 0 saturated carbocycles. The topological polar surface area (TPSA) is 86.9 Å². The third kappa shape index (κ3) is 3.84. The van der Waals surface area contributed by atoms with Crippen LogP contribution in [0.5, 0.6) is 17.4 Å². The molecule has 8 heteroatoms. The highest BCUT2D eigenvalue weighted by Crippen LogP contribution is 2.37. The number of carbonyl (C=O) groups is 1. The van der Waals surface area contributed by atoms with Gasteiger partial charge in [0.1, 0.15) is 12.3 Å². The van der Waals surface area contributed by atoms with Crippen molar-refractivity contribution in [3.8, 4) is 17.4 Å². The van der Waals surface area contributed by atoms with Crippen LogP contribution < -0.4 is 14.2 Å². The van der Waals surface area contributed by atoms with Crippen LogP contribution in [0.25, 0.3) is 0 Å². The van der Waals surface area contributed by atoms with E-state index in [4.69, 9.17) is 14.2 Å². The Kier molecular flexibility index (Phi) is 4.63. The predicted octanol–water partition coefficient (Wildman–Crippen LogP) is 2.36. The number of likely N-dealkylation sites (tertiary alicyclic amines) is 1. The normalized spacial score (nSPS) is 21.6. The summed E-state index contributed by atoms with van der Waals surface area (Å²) in [4.78, 5) is 14.2. The first-order chi connectivity index (χ1) is 13.0. The maximum atomic E-state index is 12.3. The van der Waals surface area contributed by atoms with Gasteiger partial charge in [0.15, 0.2) is 11.5 Å². The highest BCUT2D eigenvalue weighted by molar-refractivity contribution is 5.77. The van der Waals surface area contributed by atoms with Crippen LogP contribution in [0.4, 0.5) is 0 Å². The van der Waals surface area contributed by atoms with Gasteiger partial charge in [-0.15, -0.1) is 0 Å². The molecule has 0 aliphatic carbocycles. The second-order valence-corrected chi connectivity index (χ2v) is 7.49. The minimum absolute atomic E-state index is 0.00692. The Morgan fingerprint density at radius 1 is 1.26 bits per heavy atom. The molecule has 0 radical (unpaired) electrons. The second-order valence-electron chi connectivity index (χ2n) is 7.49. The zero-order valence-electron chi connectivity index (χ0n) is 15.6. The maximum absolute atomic E-state index is 12.3. The molecule has 3 heterocycles. The predicted molar refractivity (Wildman–Crippen MR) is 94.7 cm³/mol. The number of ether oxygens (including phenoxy) is 3. The van der Waals surface area contributed by atoms with Crippen molar-refractivity contribution in [2.24, 2.45) is 5.41 Å². The molecule has 0 bridgehead atoms. The zero-order chi connectivity index (χ0) is 18.9. The van der Waals surface area contributed by atoms with Crippen molar-refractivity contribution in [1.82, 2.24) is 15.2 Å². The van der Waals surface area contributed by atoms with Crippen molar-refractivity contribution in [2.75, 3.05) is 26.5 Å². The van der Waals surface area contributed by atoms with Gasteiger partial charge in [0, 0.05) is 13.0 Å². The Labute approximate surface area is 157 Å². The van der Waals surface area contributed by atoms with E-state index in [0.717, 1.165) is 24.3 Å². The van der Waals surface area contributed by atoms with Crippen molar-refractivity contribution < 1.29 is 23.6 Å². The van der Waals surface area contributed by atoms with Crippen LogP contribution in [0.2, 0.25) is 0 Å². The summed E-state index contributed by atoms with van der Waals surface area (Å²) in [5.41, 5.74) is 1.80. The molecular weight excluding hydrogens is 350 g/mol. The first-order valence-corrected chi connectivity index (χ1v) is 9.11. The third-order valence-corrected chi connectivity index (χ3v) is 5.15. The molecule has 27 heavy (non-hydrogen) atoms. The summed E-state index contributed by atoms with van der Waals surface area (Å²) < 4.78 is 21.0. The number of amides is 1. The zero-order valence-corrected chi connectivity index (χ0v) is 15.6. The average Bonchev–Trinajstić information content (AvgIpc) is 3.27. The number of piperidine rings is 1. The van der Waals surface area contributed by atoms with E-state index in [2.05, 4.69) is 27.9 Å². The van der Waals surface area contributed by atoms with E-state index in [9.17, 15) is 4.79 Å². The van der Waals surface area contributed by atoms with Crippen molar-refractivity contribution in [3.05, 3.63) is 29.5 Å². The maximum Gasteiger partial charge on any atom is 0.278 e. The Morgan fingerprint density at radius 2 is 2.11 bits per heavy atom. The molecule has 0 unspecified atom stereocenters. The summed E-state index contributed by atoms with van der Waals surface area (Å²) in [5, 5.41) is 7.38. The fourth-order valence-electron chi connectivity index (χ4n) is 3.69. The SMILES string of the molecule is Cc1nonc1OCCN1C[C@@](C)(Cc2ccc3c(c2)OCO3)CCC1=O. The van der Waals surface area contributed by atoms with E-state index in [1.54, 1.807) is 6.92 Å². The number of benzene rings is 1. The molecule has 1 aromatic carbocycles. The standard InChI is InChI=1S/C19H23N3O5/c1-13-18(21-27-20-13)24-8-7-22-11-19(2,6-5-17(22)23)10-14-3-4-15-16(9-14)26-12-25-15/h3-4,9H,5-8,10-12H2,1-2H3/t19-/m1/s1. The average molecular weight is 373 g/mol. The molecule has 0 N–H and O–H groups in total. The minimum atomic E-state index is 0.00692. The quantitative estimate of drug-likeness (QED) is 0.768. The van der Waals surface area contributed by atoms with Crippen LogP contribution >= 0.6 is 0 Å². The van der Waals surface area contributed by atoms with Crippen molar-refractivity contribution in [3.63, 3.8) is 0 Å². The molecule has 1 amide bonds. The lowest BCUT2D eigenvalue weighted by Crippen LogP contribution is -2.47. The van der Waals surface area contributed by atoms with Crippen molar-refractivity contribution in [1.29, 1.82) is 0 Å². The Bertz CT molecular complexity index is 837. The molecule has 2 aromatic rings. The molecule has 4 rings (SSSR count). The van der Waals surface area contributed by atoms with E-state index < -0.39 is 0 Å². The van der Waals surface area contributed by atoms with E-state index in [1.807, 2.05) is 17.0 Å². The van der Waals surface area contributed by atoms with Gasteiger partial charge < -0.3 is 19.1 Å². The molecule has 8 nitrogen and oxygen atoms in total. The van der Waals surface area contributed by atoms with Crippen LogP contribution in [0, 0.1) is 12.3 Å². The Hall–Kier alpha value is -2.77. The van der Waals surface area contributed by atoms with Gasteiger partial charge >= 0.3 is 0 Å². The second kappa shape index (κ2) is 7.09. The largest absolute Gasteiger partial charge is 0.472 e. The molecule has 144 valence electrons. The summed E-state index contributed by atoms with van der Waals surface area (Å²) in [5.74, 6) is 2.13. The highest BCUT2D eigenvalue weighted by Gasteiger charge is 2.35. The summed E-state index contributed by atoms with van der Waals surface area (Å²) >= 11 is 0. The lowest BCUT2D eigenvalue weighted by atomic mass is 9.76. The number of hydrogen-bond acceptors (Lipinski definition) is 7. The van der Waals surface area contributed by atoms with Crippen molar-refractivity contribution >= 4 is 5.91 Å². The fraction of sp³-hybridized carbons (Fsp3) is 0.526. The van der Waals surface area contributed by atoms with Crippen LogP contribution in [-0.2, 0) is 11.2 Å². The Balaban J connectivity index is 1.37. The molecule has 1 saturated heterocycles. The van der Waals surface area contributed by atoms with E-state index >= 15 is 0 Å². The number of fused-ring (bicyclic) bond motifs is 1. The number of rotatable bonds is 6.